The van der Waals surface area contributed by atoms with Gasteiger partial charge in [0.05, 0.1) is 13.2 Å². The van der Waals surface area contributed by atoms with Gasteiger partial charge in [-0.15, -0.1) is 0 Å². The molecule has 0 aromatic heterocycles. The number of cyclic esters (lactones) is 1. The summed E-state index contributed by atoms with van der Waals surface area (Å²) in [5.74, 6) is 0.217. The van der Waals surface area contributed by atoms with Crippen molar-refractivity contribution in [2.45, 2.75) is 83.8 Å². The maximum absolute atomic E-state index is 12.4. The fraction of sp³-hybridized carbons (Fsp3) is 0.567. The molecule has 2 heterocycles. The van der Waals surface area contributed by atoms with Crippen LogP contribution in [0.2, 0.25) is 0 Å². The van der Waals surface area contributed by atoms with Crippen LogP contribution >= 0.6 is 0 Å². The average Bonchev–Trinajstić information content (AvgIpc) is 3.26. The summed E-state index contributed by atoms with van der Waals surface area (Å²) in [6, 6.07) is 14.5. The number of rotatable bonds is 14. The summed E-state index contributed by atoms with van der Waals surface area (Å²) in [6.45, 7) is 7.83. The third-order valence-electron chi connectivity index (χ3n) is 6.97. The molecule has 0 saturated carbocycles. The maximum atomic E-state index is 12.4. The molecule has 4 rings (SSSR count). The quantitative estimate of drug-likeness (QED) is 0.319. The molecule has 2 aromatic rings. The van der Waals surface area contributed by atoms with Gasteiger partial charge < -0.3 is 29.6 Å². The molecule has 1 amide bonds. The zero-order valence-electron chi connectivity index (χ0n) is 22.4. The van der Waals surface area contributed by atoms with Gasteiger partial charge in [-0.3, -0.25) is 0 Å². The van der Waals surface area contributed by atoms with Crippen molar-refractivity contribution in [1.29, 1.82) is 0 Å². The molecule has 0 unspecified atom stereocenters. The third-order valence-corrected chi connectivity index (χ3v) is 6.97. The Balaban J connectivity index is 1.04. The molecule has 0 spiro atoms. The zero-order valence-corrected chi connectivity index (χ0v) is 22.4. The smallest absolute Gasteiger partial charge is 0.410 e. The standard InChI is InChI=1S/C30H42N2O5/c1-30(2)35-22-26-19-25(13-14-27(26)37-30)28-21-32(29(33)36-28)15-6-3-4-7-16-34-17-8-5-10-23-11-9-12-24(18-23)20-31/h9,11-14,18-19,28H,3-8,10,15-17,20-22,31H2,1-2H3/t28-/m0/s1. The molecule has 2 aromatic carbocycles. The highest BCUT2D eigenvalue weighted by Crippen LogP contribution is 2.35. The van der Waals surface area contributed by atoms with E-state index in [0.29, 0.717) is 19.7 Å². The molecule has 2 aliphatic rings. The average molecular weight is 511 g/mol. The molecule has 7 nitrogen and oxygen atoms in total. The van der Waals surface area contributed by atoms with Crippen LogP contribution in [0.5, 0.6) is 5.75 Å². The van der Waals surface area contributed by atoms with Crippen molar-refractivity contribution in [2.75, 3.05) is 26.3 Å². The predicted octanol–water partition coefficient (Wildman–Crippen LogP) is 5.88. The lowest BCUT2D eigenvalue weighted by Gasteiger charge is -2.32. The first-order valence-electron chi connectivity index (χ1n) is 13.7. The molecule has 2 aliphatic heterocycles. The highest BCUT2D eigenvalue weighted by molar-refractivity contribution is 5.70. The summed E-state index contributed by atoms with van der Waals surface area (Å²) in [6.07, 6.45) is 7.04. The largest absolute Gasteiger partial charge is 0.463 e. The van der Waals surface area contributed by atoms with Crippen LogP contribution in [0.25, 0.3) is 0 Å². The van der Waals surface area contributed by atoms with Gasteiger partial charge in [-0.25, -0.2) is 4.79 Å². The first-order chi connectivity index (χ1) is 17.9. The van der Waals surface area contributed by atoms with Crippen LogP contribution in [-0.2, 0) is 33.8 Å². The Morgan fingerprint density at radius 2 is 1.78 bits per heavy atom. The number of hydrogen-bond donors (Lipinski definition) is 1. The van der Waals surface area contributed by atoms with Crippen molar-refractivity contribution in [2.24, 2.45) is 5.73 Å². The third kappa shape index (κ3) is 8.19. The number of aryl methyl sites for hydroxylation is 1. The molecule has 0 aliphatic carbocycles. The molecular formula is C30H42N2O5. The lowest BCUT2D eigenvalue weighted by molar-refractivity contribution is -0.180. The van der Waals surface area contributed by atoms with E-state index in [4.69, 9.17) is 24.7 Å². The van der Waals surface area contributed by atoms with Crippen LogP contribution in [0.15, 0.2) is 42.5 Å². The van der Waals surface area contributed by atoms with E-state index in [-0.39, 0.29) is 12.2 Å². The zero-order chi connectivity index (χ0) is 26.1. The topological polar surface area (TPSA) is 83.2 Å². The van der Waals surface area contributed by atoms with Crippen LogP contribution < -0.4 is 10.5 Å². The van der Waals surface area contributed by atoms with E-state index in [0.717, 1.165) is 81.6 Å². The number of nitrogens with two attached hydrogens (primary N) is 1. The van der Waals surface area contributed by atoms with Crippen molar-refractivity contribution < 1.29 is 23.7 Å². The summed E-state index contributed by atoms with van der Waals surface area (Å²) < 4.78 is 23.1. The Morgan fingerprint density at radius 3 is 2.62 bits per heavy atom. The molecule has 2 N–H and O–H groups in total. The summed E-state index contributed by atoms with van der Waals surface area (Å²) in [5.41, 5.74) is 10.2. The monoisotopic (exact) mass is 510 g/mol. The predicted molar refractivity (Wildman–Crippen MR) is 143 cm³/mol. The second kappa shape index (κ2) is 13.3. The highest BCUT2D eigenvalue weighted by atomic mass is 16.7. The molecule has 1 saturated heterocycles. The first kappa shape index (κ1) is 27.4. The minimum Gasteiger partial charge on any atom is -0.463 e. The lowest BCUT2D eigenvalue weighted by Crippen LogP contribution is -2.35. The van der Waals surface area contributed by atoms with Crippen molar-refractivity contribution in [1.82, 2.24) is 4.90 Å². The van der Waals surface area contributed by atoms with Crippen molar-refractivity contribution in [3.05, 3.63) is 64.7 Å². The first-order valence-corrected chi connectivity index (χ1v) is 13.7. The van der Waals surface area contributed by atoms with E-state index in [2.05, 4.69) is 24.3 Å². The summed E-state index contributed by atoms with van der Waals surface area (Å²) in [4.78, 5) is 14.2. The minimum absolute atomic E-state index is 0.227. The molecule has 7 heteroatoms. The number of carbonyl (C=O) groups is 1. The van der Waals surface area contributed by atoms with Gasteiger partial charge in [0, 0.05) is 45.7 Å². The van der Waals surface area contributed by atoms with E-state index < -0.39 is 5.79 Å². The van der Waals surface area contributed by atoms with Gasteiger partial charge >= 0.3 is 6.09 Å². The molecule has 202 valence electrons. The SMILES string of the molecule is CC1(C)OCc2cc([C@@H]3CN(CCCCCCOCCCCc4cccc(CN)c4)C(=O)O3)ccc2O1. The number of fused-ring (bicyclic) bond motifs is 1. The van der Waals surface area contributed by atoms with E-state index >= 15 is 0 Å². The number of hydrogen-bond acceptors (Lipinski definition) is 6. The Bertz CT molecular complexity index is 1020. The van der Waals surface area contributed by atoms with E-state index in [1.165, 1.54) is 11.1 Å². The Hall–Kier alpha value is -2.61. The number of benzene rings is 2. The molecule has 1 fully saturated rings. The maximum Gasteiger partial charge on any atom is 0.410 e. The molecule has 37 heavy (non-hydrogen) atoms. The lowest BCUT2D eigenvalue weighted by atomic mass is 10.0. The van der Waals surface area contributed by atoms with Crippen LogP contribution in [-0.4, -0.2) is 43.1 Å². The second-order valence-corrected chi connectivity index (χ2v) is 10.5. The van der Waals surface area contributed by atoms with Gasteiger partial charge in [0.2, 0.25) is 5.79 Å². The highest BCUT2D eigenvalue weighted by Gasteiger charge is 2.33. The minimum atomic E-state index is -0.616. The summed E-state index contributed by atoms with van der Waals surface area (Å²) in [5, 5.41) is 0. The van der Waals surface area contributed by atoms with Crippen molar-refractivity contribution >= 4 is 6.09 Å². The number of nitrogens with zero attached hydrogens (tertiary/aromatic N) is 1. The van der Waals surface area contributed by atoms with Gasteiger partial charge in [-0.1, -0.05) is 43.2 Å². The number of amides is 1. The van der Waals surface area contributed by atoms with Gasteiger partial charge in [-0.2, -0.15) is 0 Å². The number of carbonyl (C=O) groups excluding carboxylic acids is 1. The van der Waals surface area contributed by atoms with Gasteiger partial charge in [0.15, 0.2) is 0 Å². The molecule has 1 atom stereocenters. The van der Waals surface area contributed by atoms with Crippen LogP contribution in [0.3, 0.4) is 0 Å². The van der Waals surface area contributed by atoms with Gasteiger partial charge in [-0.05, 0) is 60.9 Å². The Morgan fingerprint density at radius 1 is 1.00 bits per heavy atom. The van der Waals surface area contributed by atoms with Crippen LogP contribution in [0, 0.1) is 0 Å². The normalized spacial score (nSPS) is 18.4. The Labute approximate surface area is 221 Å². The Kier molecular flexibility index (Phi) is 9.83. The van der Waals surface area contributed by atoms with Gasteiger partial charge in [0.1, 0.15) is 11.9 Å². The van der Waals surface area contributed by atoms with E-state index in [1.54, 1.807) is 0 Å². The molecular weight excluding hydrogens is 468 g/mol. The van der Waals surface area contributed by atoms with E-state index in [9.17, 15) is 4.79 Å². The van der Waals surface area contributed by atoms with Crippen molar-refractivity contribution in [3.63, 3.8) is 0 Å². The number of ether oxygens (including phenoxy) is 4. The fourth-order valence-electron chi connectivity index (χ4n) is 4.83. The fourth-order valence-corrected chi connectivity index (χ4v) is 4.83. The van der Waals surface area contributed by atoms with Crippen molar-refractivity contribution in [3.8, 4) is 5.75 Å². The van der Waals surface area contributed by atoms with Crippen LogP contribution in [0.4, 0.5) is 4.79 Å². The van der Waals surface area contributed by atoms with Crippen LogP contribution in [0.1, 0.15) is 80.7 Å². The molecule has 0 radical (unpaired) electrons. The number of unbranched alkanes of at least 4 members (excludes halogenated alkanes) is 4. The van der Waals surface area contributed by atoms with E-state index in [1.807, 2.05) is 36.9 Å². The molecule has 0 bridgehead atoms. The summed E-state index contributed by atoms with van der Waals surface area (Å²) in [7, 11) is 0. The summed E-state index contributed by atoms with van der Waals surface area (Å²) >= 11 is 0. The van der Waals surface area contributed by atoms with Gasteiger partial charge in [0.25, 0.3) is 0 Å². The second-order valence-electron chi connectivity index (χ2n) is 10.5.